The molecule has 0 spiro atoms. The molecule has 214 valence electrons. The summed E-state index contributed by atoms with van der Waals surface area (Å²) in [5, 5.41) is 4.37. The van der Waals surface area contributed by atoms with E-state index in [0.29, 0.717) is 11.8 Å². The Kier molecular flexibility index (Phi) is 10.6. The molecule has 0 aliphatic carbocycles. The molecular formula is C34H42O2S4. The van der Waals surface area contributed by atoms with Crippen LogP contribution in [0.15, 0.2) is 47.2 Å². The minimum atomic E-state index is 0.579. The first-order valence-corrected chi connectivity index (χ1v) is 18.4. The lowest BCUT2D eigenvalue weighted by atomic mass is 10.00. The van der Waals surface area contributed by atoms with Crippen LogP contribution >= 0.6 is 45.3 Å². The molecule has 2 atom stereocenters. The van der Waals surface area contributed by atoms with E-state index in [-0.39, 0.29) is 0 Å². The molecule has 5 aromatic rings. The second kappa shape index (κ2) is 14.4. The van der Waals surface area contributed by atoms with Crippen LogP contribution < -0.4 is 9.47 Å². The Hall–Kier alpha value is -1.86. The van der Waals surface area contributed by atoms with Crippen LogP contribution in [0.5, 0.6) is 11.5 Å². The Balaban J connectivity index is 1.56. The molecule has 4 aromatic heterocycles. The second-order valence-corrected chi connectivity index (χ2v) is 14.9. The number of rotatable bonds is 16. The van der Waals surface area contributed by atoms with Crippen molar-refractivity contribution in [3.63, 3.8) is 0 Å². The van der Waals surface area contributed by atoms with Crippen LogP contribution in [0.3, 0.4) is 0 Å². The van der Waals surface area contributed by atoms with E-state index < -0.39 is 0 Å². The standard InChI is InChI=1S/C34H42O2S4/c1-5-9-11-23(7-3)21-35-27-17-26(32-20-34-30(40-32)14-16-38-34)28(36-22-24(8-4)12-10-6-2)18-25(27)31-19-33-29(39-31)13-15-37-33/h13-20,23-24H,5-12,21-22H2,1-4H3. The first kappa shape index (κ1) is 29.6. The molecule has 1 aromatic carbocycles. The maximum atomic E-state index is 6.75. The van der Waals surface area contributed by atoms with Gasteiger partial charge in [0.1, 0.15) is 11.5 Å². The van der Waals surface area contributed by atoms with Crippen molar-refractivity contribution >= 4 is 64.1 Å². The Bertz CT molecular complexity index is 1320. The van der Waals surface area contributed by atoms with E-state index in [0.717, 1.165) is 48.7 Å². The molecule has 0 saturated carbocycles. The Morgan fingerprint density at radius 3 is 1.43 bits per heavy atom. The van der Waals surface area contributed by atoms with Gasteiger partial charge in [0, 0.05) is 39.7 Å². The van der Waals surface area contributed by atoms with Crippen LogP contribution in [0.4, 0.5) is 0 Å². The van der Waals surface area contributed by atoms with Crippen molar-refractivity contribution in [2.45, 2.75) is 79.1 Å². The molecule has 2 unspecified atom stereocenters. The average molecular weight is 611 g/mol. The van der Waals surface area contributed by atoms with E-state index >= 15 is 0 Å². The molecule has 5 rings (SSSR count). The molecule has 4 heterocycles. The molecule has 2 nitrogen and oxygen atoms in total. The molecule has 0 radical (unpaired) electrons. The normalized spacial score (nSPS) is 13.3. The zero-order valence-corrected chi connectivity index (χ0v) is 27.6. The van der Waals surface area contributed by atoms with Crippen LogP contribution in [0.25, 0.3) is 39.7 Å². The highest BCUT2D eigenvalue weighted by atomic mass is 32.1. The summed E-state index contributed by atoms with van der Waals surface area (Å²) in [7, 11) is 0. The third kappa shape index (κ3) is 6.95. The predicted octanol–water partition coefficient (Wildman–Crippen LogP) is 12.8. The summed E-state index contributed by atoms with van der Waals surface area (Å²) in [5.41, 5.74) is 2.33. The number of hydrogen-bond donors (Lipinski definition) is 0. The number of ether oxygens (including phenoxy) is 2. The largest absolute Gasteiger partial charge is 0.493 e. The van der Waals surface area contributed by atoms with Gasteiger partial charge in [0.05, 0.1) is 13.2 Å². The van der Waals surface area contributed by atoms with Gasteiger partial charge in [0.2, 0.25) is 0 Å². The molecule has 6 heteroatoms. The van der Waals surface area contributed by atoms with E-state index in [2.05, 4.69) is 74.9 Å². The lowest BCUT2D eigenvalue weighted by molar-refractivity contribution is 0.229. The van der Waals surface area contributed by atoms with Gasteiger partial charge in [-0.2, -0.15) is 0 Å². The van der Waals surface area contributed by atoms with Gasteiger partial charge in [0.25, 0.3) is 0 Å². The van der Waals surface area contributed by atoms with Gasteiger partial charge in [-0.3, -0.25) is 0 Å². The minimum Gasteiger partial charge on any atom is -0.493 e. The monoisotopic (exact) mass is 610 g/mol. The van der Waals surface area contributed by atoms with Gasteiger partial charge >= 0.3 is 0 Å². The van der Waals surface area contributed by atoms with Crippen molar-refractivity contribution in [1.29, 1.82) is 0 Å². The molecule has 0 saturated heterocycles. The maximum Gasteiger partial charge on any atom is 0.128 e. The third-order valence-electron chi connectivity index (χ3n) is 7.93. The van der Waals surface area contributed by atoms with Crippen molar-refractivity contribution in [3.05, 3.63) is 47.2 Å². The van der Waals surface area contributed by atoms with Crippen molar-refractivity contribution in [2.24, 2.45) is 11.8 Å². The fourth-order valence-electron chi connectivity index (χ4n) is 5.19. The van der Waals surface area contributed by atoms with E-state index in [4.69, 9.17) is 9.47 Å². The van der Waals surface area contributed by atoms with Gasteiger partial charge in [0.15, 0.2) is 0 Å². The SMILES string of the molecule is CCCCC(CC)COc1cc(-c2cc3sccc3s2)c(OCC(CC)CCCC)cc1-c1cc2sccc2s1. The van der Waals surface area contributed by atoms with Crippen LogP contribution in [-0.2, 0) is 0 Å². The van der Waals surface area contributed by atoms with Gasteiger partial charge in [-0.05, 0) is 71.8 Å². The topological polar surface area (TPSA) is 18.5 Å². The molecule has 40 heavy (non-hydrogen) atoms. The van der Waals surface area contributed by atoms with Gasteiger partial charge < -0.3 is 9.47 Å². The van der Waals surface area contributed by atoms with Gasteiger partial charge in [-0.15, -0.1) is 45.3 Å². The summed E-state index contributed by atoms with van der Waals surface area (Å²) in [5.74, 6) is 3.13. The molecule has 0 aliphatic heterocycles. The average Bonchev–Trinajstić information content (AvgIpc) is 3.75. The van der Waals surface area contributed by atoms with Crippen LogP contribution in [-0.4, -0.2) is 13.2 Å². The van der Waals surface area contributed by atoms with Crippen molar-refractivity contribution in [2.75, 3.05) is 13.2 Å². The lowest BCUT2D eigenvalue weighted by Gasteiger charge is -2.21. The van der Waals surface area contributed by atoms with Crippen LogP contribution in [0.1, 0.15) is 79.1 Å². The summed E-state index contributed by atoms with van der Waals surface area (Å²) < 4.78 is 18.9. The Labute approximate surface area is 256 Å². The Morgan fingerprint density at radius 1 is 0.600 bits per heavy atom. The van der Waals surface area contributed by atoms with Gasteiger partial charge in [-0.1, -0.05) is 66.2 Å². The summed E-state index contributed by atoms with van der Waals surface area (Å²) in [6, 6.07) is 13.7. The maximum absolute atomic E-state index is 6.75. The summed E-state index contributed by atoms with van der Waals surface area (Å²) in [4.78, 5) is 2.53. The fraction of sp³-hybridized carbons (Fsp3) is 0.471. The number of unbranched alkanes of at least 4 members (excludes halogenated alkanes) is 2. The zero-order chi connectivity index (χ0) is 27.9. The highest BCUT2D eigenvalue weighted by Crippen LogP contribution is 2.48. The summed E-state index contributed by atoms with van der Waals surface area (Å²) >= 11 is 7.35. The number of fused-ring (bicyclic) bond motifs is 2. The number of benzene rings is 1. The van der Waals surface area contributed by atoms with Crippen molar-refractivity contribution < 1.29 is 9.47 Å². The highest BCUT2D eigenvalue weighted by Gasteiger charge is 2.21. The number of hydrogen-bond acceptors (Lipinski definition) is 6. The van der Waals surface area contributed by atoms with E-state index in [1.807, 2.05) is 45.3 Å². The fourth-order valence-corrected chi connectivity index (χ4v) is 9.45. The van der Waals surface area contributed by atoms with Crippen LogP contribution in [0, 0.1) is 11.8 Å². The van der Waals surface area contributed by atoms with E-state index in [1.54, 1.807) is 0 Å². The molecule has 0 bridgehead atoms. The molecule has 0 N–H and O–H groups in total. The van der Waals surface area contributed by atoms with Crippen molar-refractivity contribution in [3.8, 4) is 32.4 Å². The molecule has 0 aliphatic rings. The van der Waals surface area contributed by atoms with E-state index in [1.165, 1.54) is 67.1 Å². The highest BCUT2D eigenvalue weighted by molar-refractivity contribution is 7.29. The molecular weight excluding hydrogens is 569 g/mol. The third-order valence-corrected chi connectivity index (χ3v) is 12.2. The zero-order valence-electron chi connectivity index (χ0n) is 24.3. The van der Waals surface area contributed by atoms with Crippen LogP contribution in [0.2, 0.25) is 0 Å². The summed E-state index contributed by atoms with van der Waals surface area (Å²) in [6.45, 7) is 10.7. The number of thiophene rings is 4. The Morgan fingerprint density at radius 2 is 1.05 bits per heavy atom. The summed E-state index contributed by atoms with van der Waals surface area (Å²) in [6.07, 6.45) is 9.73. The first-order valence-electron chi connectivity index (χ1n) is 15.0. The smallest absolute Gasteiger partial charge is 0.128 e. The minimum absolute atomic E-state index is 0.579. The second-order valence-electron chi connectivity index (χ2n) is 10.8. The molecule has 0 fully saturated rings. The first-order chi connectivity index (χ1) is 19.6. The van der Waals surface area contributed by atoms with Gasteiger partial charge in [-0.25, -0.2) is 0 Å². The quantitative estimate of drug-likeness (QED) is 0.111. The van der Waals surface area contributed by atoms with Crippen molar-refractivity contribution in [1.82, 2.24) is 0 Å². The lowest BCUT2D eigenvalue weighted by Crippen LogP contribution is -2.13. The molecule has 0 amide bonds. The predicted molar refractivity (Wildman–Crippen MR) is 181 cm³/mol. The van der Waals surface area contributed by atoms with E-state index in [9.17, 15) is 0 Å².